The Morgan fingerprint density at radius 1 is 1.26 bits per heavy atom. The van der Waals surface area contributed by atoms with Gasteiger partial charge in [-0.25, -0.2) is 0 Å². The van der Waals surface area contributed by atoms with E-state index in [0.29, 0.717) is 5.92 Å². The van der Waals surface area contributed by atoms with Gasteiger partial charge in [0.1, 0.15) is 0 Å². The largest absolute Gasteiger partial charge is 0.338 e. The molecule has 1 aliphatic rings. The Kier molecular flexibility index (Phi) is 3.34. The van der Waals surface area contributed by atoms with Gasteiger partial charge < -0.3 is 4.52 Å². The molecule has 2 heterocycles. The maximum atomic E-state index is 5.31. The molecule has 3 rings (SSSR count). The van der Waals surface area contributed by atoms with E-state index in [1.165, 1.54) is 11.1 Å². The lowest BCUT2D eigenvalue weighted by atomic mass is 10.00. The van der Waals surface area contributed by atoms with Crippen LogP contribution in [0.4, 0.5) is 0 Å². The highest BCUT2D eigenvalue weighted by atomic mass is 16.5. The van der Waals surface area contributed by atoms with Crippen LogP contribution < -0.4 is 0 Å². The summed E-state index contributed by atoms with van der Waals surface area (Å²) in [4.78, 5) is 6.80. The number of aromatic nitrogens is 2. The van der Waals surface area contributed by atoms with E-state index >= 15 is 0 Å². The van der Waals surface area contributed by atoms with E-state index in [0.717, 1.165) is 37.8 Å². The third-order valence-corrected chi connectivity index (χ3v) is 3.57. The second kappa shape index (κ2) is 5.13. The van der Waals surface area contributed by atoms with E-state index in [2.05, 4.69) is 53.2 Å². The fourth-order valence-electron chi connectivity index (χ4n) is 2.45. The van der Waals surface area contributed by atoms with Crippen LogP contribution in [0.1, 0.15) is 42.6 Å². The Bertz CT molecular complexity index is 562. The average molecular weight is 257 g/mol. The number of nitrogens with zero attached hydrogens (tertiary/aromatic N) is 3. The van der Waals surface area contributed by atoms with Crippen molar-refractivity contribution in [3.8, 4) is 0 Å². The zero-order chi connectivity index (χ0) is 13.2. The molecule has 0 amide bonds. The summed E-state index contributed by atoms with van der Waals surface area (Å²) in [6.07, 6.45) is 1.10. The highest BCUT2D eigenvalue weighted by Crippen LogP contribution is 2.20. The van der Waals surface area contributed by atoms with Crippen LogP contribution in [0, 0.1) is 0 Å². The molecule has 0 radical (unpaired) electrons. The highest BCUT2D eigenvalue weighted by molar-refractivity contribution is 5.29. The standard InChI is InChI=1S/C15H19N3O/c1-11(2)15-16-14(19-17-15)10-18-8-7-12-5-3-4-6-13(12)9-18/h3-6,11H,7-10H2,1-2H3. The molecule has 0 atom stereocenters. The summed E-state index contributed by atoms with van der Waals surface area (Å²) in [5.74, 6) is 1.84. The van der Waals surface area contributed by atoms with Crippen molar-refractivity contribution in [1.82, 2.24) is 15.0 Å². The van der Waals surface area contributed by atoms with Crippen molar-refractivity contribution in [1.29, 1.82) is 0 Å². The maximum absolute atomic E-state index is 5.31. The van der Waals surface area contributed by atoms with Gasteiger partial charge in [-0.2, -0.15) is 4.98 Å². The van der Waals surface area contributed by atoms with E-state index in [9.17, 15) is 0 Å². The molecule has 2 aromatic rings. The Balaban J connectivity index is 1.68. The summed E-state index contributed by atoms with van der Waals surface area (Å²) in [6, 6.07) is 8.64. The van der Waals surface area contributed by atoms with Crippen LogP contribution in [0.25, 0.3) is 0 Å². The molecular formula is C15H19N3O. The molecule has 1 aromatic heterocycles. The van der Waals surface area contributed by atoms with Gasteiger partial charge in [0.05, 0.1) is 6.54 Å². The summed E-state index contributed by atoms with van der Waals surface area (Å²) < 4.78 is 5.31. The van der Waals surface area contributed by atoms with Gasteiger partial charge >= 0.3 is 0 Å². The lowest BCUT2D eigenvalue weighted by molar-refractivity contribution is 0.210. The molecule has 0 N–H and O–H groups in total. The van der Waals surface area contributed by atoms with Gasteiger partial charge in [0.2, 0.25) is 5.89 Å². The Morgan fingerprint density at radius 2 is 2.05 bits per heavy atom. The minimum atomic E-state index is 0.319. The van der Waals surface area contributed by atoms with Crippen molar-refractivity contribution in [2.45, 2.75) is 39.3 Å². The molecule has 4 heteroatoms. The molecule has 0 unspecified atom stereocenters. The van der Waals surface area contributed by atoms with E-state index < -0.39 is 0 Å². The van der Waals surface area contributed by atoms with Crippen molar-refractivity contribution < 1.29 is 4.52 Å². The quantitative estimate of drug-likeness (QED) is 0.848. The second-order valence-electron chi connectivity index (χ2n) is 5.43. The predicted molar refractivity (Wildman–Crippen MR) is 72.6 cm³/mol. The van der Waals surface area contributed by atoms with Crippen molar-refractivity contribution >= 4 is 0 Å². The van der Waals surface area contributed by atoms with E-state index in [1.54, 1.807) is 0 Å². The third-order valence-electron chi connectivity index (χ3n) is 3.57. The molecule has 100 valence electrons. The normalized spacial score (nSPS) is 15.7. The first-order valence-electron chi connectivity index (χ1n) is 6.84. The van der Waals surface area contributed by atoms with Gasteiger partial charge in [0, 0.05) is 19.0 Å². The molecule has 4 nitrogen and oxygen atoms in total. The van der Waals surface area contributed by atoms with Crippen LogP contribution in [0.2, 0.25) is 0 Å². The summed E-state index contributed by atoms with van der Waals surface area (Å²) in [5.41, 5.74) is 2.88. The number of fused-ring (bicyclic) bond motifs is 1. The van der Waals surface area contributed by atoms with Crippen LogP contribution in [0.5, 0.6) is 0 Å². The van der Waals surface area contributed by atoms with Crippen molar-refractivity contribution in [3.63, 3.8) is 0 Å². The minimum Gasteiger partial charge on any atom is -0.338 e. The summed E-state index contributed by atoms with van der Waals surface area (Å²) in [5, 5.41) is 4.01. The van der Waals surface area contributed by atoms with Gasteiger partial charge in [-0.15, -0.1) is 0 Å². The van der Waals surface area contributed by atoms with Crippen LogP contribution in [0.3, 0.4) is 0 Å². The number of hydrogen-bond donors (Lipinski definition) is 0. The summed E-state index contributed by atoms with van der Waals surface area (Å²) >= 11 is 0. The van der Waals surface area contributed by atoms with Crippen molar-refractivity contribution in [2.24, 2.45) is 0 Å². The molecule has 0 fully saturated rings. The molecule has 19 heavy (non-hydrogen) atoms. The SMILES string of the molecule is CC(C)c1noc(CN2CCc3ccccc3C2)n1. The minimum absolute atomic E-state index is 0.319. The highest BCUT2D eigenvalue weighted by Gasteiger charge is 2.18. The molecule has 0 saturated carbocycles. The van der Waals surface area contributed by atoms with Crippen LogP contribution in [0.15, 0.2) is 28.8 Å². The topological polar surface area (TPSA) is 42.2 Å². The smallest absolute Gasteiger partial charge is 0.240 e. The zero-order valence-electron chi connectivity index (χ0n) is 11.5. The first kappa shape index (κ1) is 12.4. The summed E-state index contributed by atoms with van der Waals surface area (Å²) in [6.45, 7) is 6.91. The number of benzene rings is 1. The van der Waals surface area contributed by atoms with E-state index in [1.807, 2.05) is 0 Å². The zero-order valence-corrected chi connectivity index (χ0v) is 11.5. The Hall–Kier alpha value is -1.68. The van der Waals surface area contributed by atoms with Crippen molar-refractivity contribution in [3.05, 3.63) is 47.1 Å². The van der Waals surface area contributed by atoms with Gasteiger partial charge in [0.25, 0.3) is 0 Å². The predicted octanol–water partition coefficient (Wildman–Crippen LogP) is 2.75. The maximum Gasteiger partial charge on any atom is 0.240 e. The lowest BCUT2D eigenvalue weighted by Gasteiger charge is -2.27. The van der Waals surface area contributed by atoms with Crippen LogP contribution >= 0.6 is 0 Å². The number of rotatable bonds is 3. The van der Waals surface area contributed by atoms with Gasteiger partial charge in [0.15, 0.2) is 5.82 Å². The molecule has 0 saturated heterocycles. The molecule has 1 aliphatic heterocycles. The fourth-order valence-corrected chi connectivity index (χ4v) is 2.45. The van der Waals surface area contributed by atoms with Crippen LogP contribution in [-0.4, -0.2) is 21.6 Å². The molecule has 0 spiro atoms. The molecular weight excluding hydrogens is 238 g/mol. The summed E-state index contributed by atoms with van der Waals surface area (Å²) in [7, 11) is 0. The van der Waals surface area contributed by atoms with Crippen LogP contribution in [-0.2, 0) is 19.5 Å². The molecule has 0 aliphatic carbocycles. The average Bonchev–Trinajstić information content (AvgIpc) is 2.87. The monoisotopic (exact) mass is 257 g/mol. The second-order valence-corrected chi connectivity index (χ2v) is 5.43. The number of hydrogen-bond acceptors (Lipinski definition) is 4. The van der Waals surface area contributed by atoms with E-state index in [-0.39, 0.29) is 0 Å². The van der Waals surface area contributed by atoms with Gasteiger partial charge in [-0.1, -0.05) is 43.3 Å². The molecule has 0 bridgehead atoms. The van der Waals surface area contributed by atoms with Gasteiger partial charge in [-0.3, -0.25) is 4.90 Å². The first-order valence-corrected chi connectivity index (χ1v) is 6.84. The fraction of sp³-hybridized carbons (Fsp3) is 0.467. The first-order chi connectivity index (χ1) is 9.22. The Labute approximate surface area is 113 Å². The van der Waals surface area contributed by atoms with Crippen molar-refractivity contribution in [2.75, 3.05) is 6.54 Å². The van der Waals surface area contributed by atoms with E-state index in [4.69, 9.17) is 4.52 Å². The van der Waals surface area contributed by atoms with Gasteiger partial charge in [-0.05, 0) is 17.5 Å². The third kappa shape index (κ3) is 2.68. The molecule has 1 aromatic carbocycles. The lowest BCUT2D eigenvalue weighted by Crippen LogP contribution is -2.30. The Morgan fingerprint density at radius 3 is 2.79 bits per heavy atom.